The molecule has 2 heterocycles. The average molecular weight is 390 g/mol. The van der Waals surface area contributed by atoms with Crippen molar-refractivity contribution < 1.29 is 15.0 Å². The van der Waals surface area contributed by atoms with E-state index in [1.807, 2.05) is 6.92 Å². The predicted octanol–water partition coefficient (Wildman–Crippen LogP) is 3.75. The summed E-state index contributed by atoms with van der Waals surface area (Å²) in [6.45, 7) is 3.55. The third kappa shape index (κ3) is 8.34. The molecule has 0 aromatic carbocycles. The number of hydrogen-bond donors (Lipinski definition) is 5. The summed E-state index contributed by atoms with van der Waals surface area (Å²) in [6, 6.07) is 1.78. The van der Waals surface area contributed by atoms with Crippen LogP contribution in [-0.2, 0) is 0 Å². The second kappa shape index (κ2) is 10.6. The summed E-state index contributed by atoms with van der Waals surface area (Å²) in [5.74, 6) is 1.35. The molecule has 0 spiro atoms. The average Bonchev–Trinajstić information content (AvgIpc) is 3.10. The summed E-state index contributed by atoms with van der Waals surface area (Å²) < 4.78 is 0. The van der Waals surface area contributed by atoms with Crippen LogP contribution in [0.5, 0.6) is 0 Å². The van der Waals surface area contributed by atoms with Crippen LogP contribution in [0.25, 0.3) is 0 Å². The molecular weight excluding hydrogens is 360 g/mol. The van der Waals surface area contributed by atoms with Gasteiger partial charge in [-0.05, 0) is 26.7 Å². The lowest BCUT2D eigenvalue weighted by molar-refractivity contribution is 0.189. The Morgan fingerprint density at radius 2 is 1.82 bits per heavy atom. The van der Waals surface area contributed by atoms with E-state index < -0.39 is 12.2 Å². The molecule has 154 valence electrons. The van der Waals surface area contributed by atoms with Gasteiger partial charge in [-0.25, -0.2) is 9.78 Å². The molecule has 2 aliphatic carbocycles. The summed E-state index contributed by atoms with van der Waals surface area (Å²) in [5.41, 5.74) is 0.469. The molecule has 28 heavy (non-hydrogen) atoms. The molecule has 0 aliphatic heterocycles. The Bertz CT molecular complexity index is 687. The minimum atomic E-state index is -0.912. The van der Waals surface area contributed by atoms with E-state index in [0.29, 0.717) is 11.5 Å². The number of aromatic amines is 1. The van der Waals surface area contributed by atoms with Crippen molar-refractivity contribution in [1.82, 2.24) is 25.5 Å². The summed E-state index contributed by atoms with van der Waals surface area (Å²) in [5, 5.41) is 29.3. The van der Waals surface area contributed by atoms with Crippen LogP contribution in [0.4, 0.5) is 16.4 Å². The number of aromatic nitrogens is 4. The second-order valence-electron chi connectivity index (χ2n) is 7.36. The van der Waals surface area contributed by atoms with Crippen LogP contribution in [0.3, 0.4) is 0 Å². The number of amides is 1. The molecule has 5 N–H and O–H groups in total. The topological polar surface area (TPSA) is 136 Å². The first-order chi connectivity index (χ1) is 13.4. The van der Waals surface area contributed by atoms with Crippen LogP contribution in [-0.4, -0.2) is 42.0 Å². The predicted molar refractivity (Wildman–Crippen MR) is 106 cm³/mol. The number of hydrogen-bond acceptors (Lipinski definition) is 6. The number of nitrogens with one attached hydrogen (secondary N) is 3. The third-order valence-electron chi connectivity index (χ3n) is 4.52. The largest absolute Gasteiger partial charge is 0.465 e. The monoisotopic (exact) mass is 390 g/mol. The van der Waals surface area contributed by atoms with Gasteiger partial charge >= 0.3 is 6.09 Å². The van der Waals surface area contributed by atoms with Crippen molar-refractivity contribution in [1.29, 1.82) is 0 Å². The van der Waals surface area contributed by atoms with Crippen molar-refractivity contribution in [2.45, 2.75) is 70.4 Å². The minimum Gasteiger partial charge on any atom is -0.465 e. The van der Waals surface area contributed by atoms with Gasteiger partial charge in [0.1, 0.15) is 11.6 Å². The first-order valence-corrected chi connectivity index (χ1v) is 9.65. The van der Waals surface area contributed by atoms with E-state index in [1.54, 1.807) is 25.4 Å². The van der Waals surface area contributed by atoms with Crippen molar-refractivity contribution in [2.75, 3.05) is 5.32 Å². The molecule has 1 atom stereocenters. The number of carboxylic acid groups (broad SMARTS) is 1. The highest BCUT2D eigenvalue weighted by Gasteiger charge is 2.38. The fourth-order valence-electron chi connectivity index (χ4n) is 2.54. The maximum absolute atomic E-state index is 9.94. The zero-order valence-electron chi connectivity index (χ0n) is 16.5. The maximum Gasteiger partial charge on any atom is 0.405 e. The molecule has 9 nitrogen and oxygen atoms in total. The Labute approximate surface area is 165 Å². The quantitative estimate of drug-likeness (QED) is 0.536. The van der Waals surface area contributed by atoms with E-state index in [1.165, 1.54) is 38.3 Å². The lowest BCUT2D eigenvalue weighted by Crippen LogP contribution is -2.32. The van der Waals surface area contributed by atoms with Gasteiger partial charge in [0.15, 0.2) is 0 Å². The molecule has 2 fully saturated rings. The Kier molecular flexibility index (Phi) is 8.19. The third-order valence-corrected chi connectivity index (χ3v) is 4.52. The Morgan fingerprint density at radius 3 is 2.18 bits per heavy atom. The molecule has 1 amide bonds. The van der Waals surface area contributed by atoms with Gasteiger partial charge in [0.25, 0.3) is 0 Å². The molecule has 2 aromatic rings. The van der Waals surface area contributed by atoms with Crippen molar-refractivity contribution in [2.24, 2.45) is 0 Å². The van der Waals surface area contributed by atoms with Gasteiger partial charge in [0.2, 0.25) is 0 Å². The van der Waals surface area contributed by atoms with Crippen LogP contribution in [0.2, 0.25) is 0 Å². The fourth-order valence-corrected chi connectivity index (χ4v) is 2.54. The second-order valence-corrected chi connectivity index (χ2v) is 7.36. The lowest BCUT2D eigenvalue weighted by atomic mass is 10.3. The standard InChI is InChI=1S/C9H11N5O.C5H9NO2.C5H10/c1-6(15)7-4-11-9(5-10-7)13-8-2-3-12-14-8;1-5(2-3-5)6-4(7)8;1-2-4-5-3-1/h2-6,15H,1H3,(H2,11,12,13,14);6H,2-3H2,1H3,(H,7,8);1-5H2. The van der Waals surface area contributed by atoms with Gasteiger partial charge in [-0.1, -0.05) is 32.1 Å². The van der Waals surface area contributed by atoms with E-state index in [4.69, 9.17) is 5.11 Å². The Hall–Kier alpha value is -2.68. The van der Waals surface area contributed by atoms with Crippen LogP contribution in [0.15, 0.2) is 24.7 Å². The molecule has 0 bridgehead atoms. The number of anilines is 2. The van der Waals surface area contributed by atoms with E-state index in [2.05, 4.69) is 30.8 Å². The number of rotatable bonds is 4. The van der Waals surface area contributed by atoms with Crippen molar-refractivity contribution in [3.63, 3.8) is 0 Å². The number of H-pyrrole nitrogens is 1. The molecule has 1 unspecified atom stereocenters. The molecule has 2 aliphatic rings. The normalized spacial score (nSPS) is 17.2. The molecule has 4 rings (SSSR count). The van der Waals surface area contributed by atoms with Crippen LogP contribution >= 0.6 is 0 Å². The Balaban J connectivity index is 0.000000179. The fraction of sp³-hybridized carbons (Fsp3) is 0.579. The first kappa shape index (κ1) is 21.6. The lowest BCUT2D eigenvalue weighted by Gasteiger charge is -2.04. The van der Waals surface area contributed by atoms with Crippen LogP contribution in [0, 0.1) is 0 Å². The van der Waals surface area contributed by atoms with Crippen molar-refractivity contribution in [3.8, 4) is 0 Å². The van der Waals surface area contributed by atoms with Gasteiger partial charge in [-0.2, -0.15) is 5.10 Å². The number of carbonyl (C=O) groups is 1. The van der Waals surface area contributed by atoms with E-state index in [-0.39, 0.29) is 5.54 Å². The van der Waals surface area contributed by atoms with Gasteiger partial charge < -0.3 is 20.8 Å². The first-order valence-electron chi connectivity index (χ1n) is 9.65. The molecule has 2 saturated carbocycles. The molecule has 0 radical (unpaired) electrons. The van der Waals surface area contributed by atoms with Gasteiger partial charge in [0.05, 0.1) is 30.4 Å². The molecule has 0 saturated heterocycles. The van der Waals surface area contributed by atoms with Crippen molar-refractivity contribution >= 4 is 17.7 Å². The smallest absolute Gasteiger partial charge is 0.405 e. The summed E-state index contributed by atoms with van der Waals surface area (Å²) in [4.78, 5) is 18.1. The van der Waals surface area contributed by atoms with Gasteiger partial charge in [-0.15, -0.1) is 0 Å². The SMILES string of the molecule is C1CCCC1.CC(O)c1cnc(Nc2ccn[nH]2)cn1.CC1(NC(=O)O)CC1. The zero-order chi connectivity index (χ0) is 20.4. The summed E-state index contributed by atoms with van der Waals surface area (Å²) >= 11 is 0. The highest BCUT2D eigenvalue weighted by Crippen LogP contribution is 2.33. The molecule has 2 aromatic heterocycles. The van der Waals surface area contributed by atoms with E-state index in [0.717, 1.165) is 18.7 Å². The van der Waals surface area contributed by atoms with E-state index >= 15 is 0 Å². The highest BCUT2D eigenvalue weighted by molar-refractivity contribution is 5.66. The summed E-state index contributed by atoms with van der Waals surface area (Å²) in [7, 11) is 0. The minimum absolute atomic E-state index is 0.0775. The maximum atomic E-state index is 9.94. The van der Waals surface area contributed by atoms with Crippen LogP contribution < -0.4 is 10.6 Å². The van der Waals surface area contributed by atoms with Crippen LogP contribution in [0.1, 0.15) is 70.6 Å². The zero-order valence-corrected chi connectivity index (χ0v) is 16.5. The van der Waals surface area contributed by atoms with Crippen molar-refractivity contribution in [3.05, 3.63) is 30.4 Å². The van der Waals surface area contributed by atoms with Gasteiger partial charge in [-0.3, -0.25) is 10.1 Å². The van der Waals surface area contributed by atoms with E-state index in [9.17, 15) is 9.90 Å². The summed E-state index contributed by atoms with van der Waals surface area (Å²) in [6.07, 6.45) is 12.7. The number of aliphatic hydroxyl groups is 1. The number of nitrogens with zero attached hydrogens (tertiary/aromatic N) is 3. The molecular formula is C19H30N6O3. The number of aliphatic hydroxyl groups excluding tert-OH is 1. The Morgan fingerprint density at radius 1 is 1.18 bits per heavy atom. The molecule has 9 heteroatoms. The highest BCUT2D eigenvalue weighted by atomic mass is 16.4. The van der Waals surface area contributed by atoms with Gasteiger partial charge in [0, 0.05) is 11.6 Å².